The second-order valence-electron chi connectivity index (χ2n) is 4.13. The van der Waals surface area contributed by atoms with Crippen LogP contribution < -0.4 is 0 Å². The van der Waals surface area contributed by atoms with E-state index in [0.29, 0.717) is 0 Å². The molecule has 4 heteroatoms. The van der Waals surface area contributed by atoms with Gasteiger partial charge < -0.3 is 4.23 Å². The van der Waals surface area contributed by atoms with Crippen LogP contribution >= 0.6 is 0 Å². The van der Waals surface area contributed by atoms with E-state index in [9.17, 15) is 0 Å². The highest BCUT2D eigenvalue weighted by Gasteiger charge is 2.18. The smallest absolute Gasteiger partial charge is 0.156 e. The van der Waals surface area contributed by atoms with Crippen molar-refractivity contribution in [3.05, 3.63) is 24.7 Å². The van der Waals surface area contributed by atoms with Gasteiger partial charge in [-0.2, -0.15) is 0 Å². The van der Waals surface area contributed by atoms with E-state index in [-0.39, 0.29) is 0 Å². The summed E-state index contributed by atoms with van der Waals surface area (Å²) in [5, 5.41) is 0. The quantitative estimate of drug-likeness (QED) is 0.646. The molecule has 2 aromatic heterocycles. The summed E-state index contributed by atoms with van der Waals surface area (Å²) < 4.78 is 2.22. The van der Waals surface area contributed by atoms with Crippen LogP contribution in [0.1, 0.15) is 0 Å². The lowest BCUT2D eigenvalue weighted by Crippen LogP contribution is -2.31. The number of fused-ring (bicyclic) bond motifs is 1. The molecule has 0 bridgehead atoms. The standard InChI is InChI=1S/C9H13N3Si/c1-13(2,3)12-7-11-8-5-4-6-10-9(8)12/h4-7H,1-3H3. The molecule has 0 unspecified atom stereocenters. The number of imidazole rings is 1. The lowest BCUT2D eigenvalue weighted by molar-refractivity contribution is 1.13. The Morgan fingerprint density at radius 3 is 2.69 bits per heavy atom. The zero-order valence-electron chi connectivity index (χ0n) is 8.15. The fourth-order valence-electron chi connectivity index (χ4n) is 1.34. The Morgan fingerprint density at radius 2 is 2.00 bits per heavy atom. The maximum atomic E-state index is 4.34. The SMILES string of the molecule is C[Si](C)(C)n1cnc2cccnc21. The van der Waals surface area contributed by atoms with E-state index in [1.54, 1.807) is 0 Å². The first kappa shape index (κ1) is 8.44. The summed E-state index contributed by atoms with van der Waals surface area (Å²) in [5.74, 6) is 0. The molecule has 0 saturated carbocycles. The minimum Gasteiger partial charge on any atom is -0.344 e. The highest BCUT2D eigenvalue weighted by molar-refractivity contribution is 6.75. The average Bonchev–Trinajstić information content (AvgIpc) is 2.45. The molecule has 13 heavy (non-hydrogen) atoms. The Bertz CT molecular complexity index is 428. The molecule has 0 saturated heterocycles. The topological polar surface area (TPSA) is 30.7 Å². The van der Waals surface area contributed by atoms with Crippen molar-refractivity contribution < 1.29 is 0 Å². The monoisotopic (exact) mass is 191 g/mol. The Morgan fingerprint density at radius 1 is 1.23 bits per heavy atom. The maximum Gasteiger partial charge on any atom is 0.156 e. The summed E-state index contributed by atoms with van der Waals surface area (Å²) >= 11 is 0. The largest absolute Gasteiger partial charge is 0.344 e. The van der Waals surface area contributed by atoms with Gasteiger partial charge in [0.1, 0.15) is 5.52 Å². The van der Waals surface area contributed by atoms with E-state index < -0.39 is 8.24 Å². The van der Waals surface area contributed by atoms with Gasteiger partial charge in [-0.25, -0.2) is 9.97 Å². The molecule has 0 aliphatic heterocycles. The van der Waals surface area contributed by atoms with Crippen molar-refractivity contribution in [3.8, 4) is 0 Å². The molecule has 0 spiro atoms. The third kappa shape index (κ3) is 1.37. The predicted octanol–water partition coefficient (Wildman–Crippen LogP) is 2.11. The third-order valence-electron chi connectivity index (χ3n) is 2.03. The lowest BCUT2D eigenvalue weighted by atomic mass is 10.4. The molecule has 0 amide bonds. The molecule has 0 aliphatic rings. The van der Waals surface area contributed by atoms with Crippen molar-refractivity contribution >= 4 is 19.4 Å². The molecule has 0 atom stereocenters. The van der Waals surface area contributed by atoms with Crippen molar-refractivity contribution in [2.45, 2.75) is 19.6 Å². The molecule has 0 aromatic carbocycles. The van der Waals surface area contributed by atoms with Crippen molar-refractivity contribution in [1.29, 1.82) is 0 Å². The van der Waals surface area contributed by atoms with Crippen LogP contribution in [0.4, 0.5) is 0 Å². The second kappa shape index (κ2) is 2.66. The van der Waals surface area contributed by atoms with Crippen molar-refractivity contribution in [3.63, 3.8) is 0 Å². The van der Waals surface area contributed by atoms with Crippen LogP contribution in [0.25, 0.3) is 11.2 Å². The Kier molecular flexibility index (Phi) is 1.73. The van der Waals surface area contributed by atoms with Crippen LogP contribution in [0, 0.1) is 0 Å². The third-order valence-corrected chi connectivity index (χ3v) is 3.80. The Hall–Kier alpha value is -1.16. The molecule has 0 radical (unpaired) electrons. The van der Waals surface area contributed by atoms with Crippen LogP contribution in [0.5, 0.6) is 0 Å². The molecule has 2 heterocycles. The Labute approximate surface area is 78.5 Å². The average molecular weight is 191 g/mol. The fraction of sp³-hybridized carbons (Fsp3) is 0.333. The van der Waals surface area contributed by atoms with Gasteiger partial charge in [0.05, 0.1) is 6.33 Å². The van der Waals surface area contributed by atoms with Crippen molar-refractivity contribution in [2.75, 3.05) is 0 Å². The fourth-order valence-corrected chi connectivity index (χ4v) is 2.55. The molecule has 2 rings (SSSR count). The second-order valence-corrected chi connectivity index (χ2v) is 8.95. The van der Waals surface area contributed by atoms with Crippen LogP contribution in [0.15, 0.2) is 24.7 Å². The predicted molar refractivity (Wildman–Crippen MR) is 56.3 cm³/mol. The van der Waals surface area contributed by atoms with Gasteiger partial charge in [0.2, 0.25) is 0 Å². The minimum absolute atomic E-state index is 0.991. The molecule has 0 aliphatic carbocycles. The molecular weight excluding hydrogens is 178 g/mol. The summed E-state index contributed by atoms with van der Waals surface area (Å²) in [5.41, 5.74) is 2.01. The highest BCUT2D eigenvalue weighted by atomic mass is 28.3. The van der Waals surface area contributed by atoms with E-state index >= 15 is 0 Å². The molecular formula is C9H13N3Si. The van der Waals surface area contributed by atoms with E-state index in [2.05, 4.69) is 33.8 Å². The van der Waals surface area contributed by atoms with E-state index in [1.165, 1.54) is 0 Å². The lowest BCUT2D eigenvalue weighted by Gasteiger charge is -2.17. The van der Waals surface area contributed by atoms with Gasteiger partial charge in [-0.15, -0.1) is 0 Å². The van der Waals surface area contributed by atoms with Crippen LogP contribution in [-0.4, -0.2) is 22.4 Å². The van der Waals surface area contributed by atoms with Gasteiger partial charge in [-0.05, 0) is 12.1 Å². The van der Waals surface area contributed by atoms with Crippen molar-refractivity contribution in [2.24, 2.45) is 0 Å². The number of hydrogen-bond donors (Lipinski definition) is 0. The van der Waals surface area contributed by atoms with Crippen LogP contribution in [0.2, 0.25) is 19.6 Å². The zero-order valence-corrected chi connectivity index (χ0v) is 9.15. The maximum absolute atomic E-state index is 4.34. The summed E-state index contributed by atoms with van der Waals surface area (Å²) in [4.78, 5) is 8.66. The van der Waals surface area contributed by atoms with Gasteiger partial charge in [-0.1, -0.05) is 19.6 Å². The van der Waals surface area contributed by atoms with E-state index in [1.807, 2.05) is 24.7 Å². The van der Waals surface area contributed by atoms with Crippen LogP contribution in [-0.2, 0) is 0 Å². The summed E-state index contributed by atoms with van der Waals surface area (Å²) in [6, 6.07) is 3.92. The molecule has 3 nitrogen and oxygen atoms in total. The summed E-state index contributed by atoms with van der Waals surface area (Å²) in [6.45, 7) is 6.84. The van der Waals surface area contributed by atoms with E-state index in [4.69, 9.17) is 0 Å². The zero-order chi connectivity index (χ0) is 9.47. The minimum atomic E-state index is -1.35. The number of nitrogens with zero attached hydrogens (tertiary/aromatic N) is 3. The summed E-state index contributed by atoms with van der Waals surface area (Å²) in [6.07, 6.45) is 3.73. The number of pyridine rings is 1. The van der Waals surface area contributed by atoms with E-state index in [0.717, 1.165) is 11.2 Å². The van der Waals surface area contributed by atoms with Gasteiger partial charge in [0.25, 0.3) is 0 Å². The van der Waals surface area contributed by atoms with Gasteiger partial charge in [0.15, 0.2) is 13.9 Å². The van der Waals surface area contributed by atoms with Crippen LogP contribution in [0.3, 0.4) is 0 Å². The van der Waals surface area contributed by atoms with Crippen molar-refractivity contribution in [1.82, 2.24) is 14.2 Å². The molecule has 2 aromatic rings. The first-order valence-corrected chi connectivity index (χ1v) is 7.82. The number of rotatable bonds is 1. The highest BCUT2D eigenvalue weighted by Crippen LogP contribution is 2.14. The Balaban J connectivity index is 2.72. The molecule has 0 N–H and O–H groups in total. The van der Waals surface area contributed by atoms with Gasteiger partial charge in [0, 0.05) is 6.20 Å². The molecule has 0 fully saturated rings. The molecule has 68 valence electrons. The van der Waals surface area contributed by atoms with Gasteiger partial charge in [-0.3, -0.25) is 0 Å². The normalized spacial score (nSPS) is 12.2. The first-order valence-electron chi connectivity index (χ1n) is 4.37. The first-order chi connectivity index (χ1) is 6.09. The summed E-state index contributed by atoms with van der Waals surface area (Å²) in [7, 11) is -1.35. The van der Waals surface area contributed by atoms with Gasteiger partial charge >= 0.3 is 0 Å². The number of aromatic nitrogens is 3. The number of hydrogen-bond acceptors (Lipinski definition) is 2.